The molecule has 2 N–H and O–H groups in total. The molecule has 2 aromatic carbocycles. The Balaban J connectivity index is 2.22. The van der Waals surface area contributed by atoms with Crippen molar-refractivity contribution in [1.29, 1.82) is 0 Å². The number of ether oxygens (including phenoxy) is 3. The summed E-state index contributed by atoms with van der Waals surface area (Å²) in [6, 6.07) is 12.2. The number of carbonyl (C=O) groups is 2. The Morgan fingerprint density at radius 1 is 1.19 bits per heavy atom. The molecular formula is C23H29NO6S2. The van der Waals surface area contributed by atoms with Crippen LogP contribution in [0.5, 0.6) is 11.5 Å². The number of rotatable bonds is 10. The van der Waals surface area contributed by atoms with Crippen LogP contribution in [0.25, 0.3) is 0 Å². The number of phenols is 1. The quantitative estimate of drug-likeness (QED) is 0.242. The van der Waals surface area contributed by atoms with E-state index < -0.39 is 23.6 Å². The van der Waals surface area contributed by atoms with Crippen molar-refractivity contribution >= 4 is 42.1 Å². The molecule has 0 radical (unpaired) electrons. The molecule has 32 heavy (non-hydrogen) atoms. The van der Waals surface area contributed by atoms with Gasteiger partial charge < -0.3 is 19.3 Å². The smallest absolute Gasteiger partial charge is 0.412 e. The third kappa shape index (κ3) is 7.27. The average Bonchev–Trinajstić information content (AvgIpc) is 2.77. The average molecular weight is 480 g/mol. The summed E-state index contributed by atoms with van der Waals surface area (Å²) in [5.41, 5.74) is 0.559. The topological polar surface area (TPSA) is 94.1 Å². The molecule has 0 aliphatic heterocycles. The van der Waals surface area contributed by atoms with Crippen LogP contribution >= 0.6 is 24.4 Å². The third-order valence-corrected chi connectivity index (χ3v) is 5.92. The number of thiol groups is 1. The number of hydrogen-bond acceptors (Lipinski definition) is 8. The molecule has 9 heteroatoms. The van der Waals surface area contributed by atoms with Crippen molar-refractivity contribution in [1.82, 2.24) is 0 Å². The second-order valence-corrected chi connectivity index (χ2v) is 8.88. The van der Waals surface area contributed by atoms with E-state index in [2.05, 4.69) is 17.9 Å². The Bertz CT molecular complexity index is 917. The second-order valence-electron chi connectivity index (χ2n) is 7.69. The number of thioether (sulfide) groups is 1. The maximum atomic E-state index is 12.7. The van der Waals surface area contributed by atoms with Crippen LogP contribution in [0.3, 0.4) is 0 Å². The highest BCUT2D eigenvalue weighted by Crippen LogP contribution is 2.42. The first-order chi connectivity index (χ1) is 15.2. The van der Waals surface area contributed by atoms with Gasteiger partial charge in [0, 0.05) is 16.0 Å². The molecule has 2 rings (SSSR count). The van der Waals surface area contributed by atoms with Crippen LogP contribution in [0, 0.1) is 5.41 Å². The molecule has 0 spiro atoms. The maximum absolute atomic E-state index is 12.7. The molecule has 0 heterocycles. The molecule has 1 atom stereocenters. The summed E-state index contributed by atoms with van der Waals surface area (Å²) in [5.74, 6) is -0.185. The lowest BCUT2D eigenvalue weighted by atomic mass is 9.79. The number of carbonyl (C=O) groups excluding carboxylic acids is 2. The van der Waals surface area contributed by atoms with Crippen LogP contribution in [0.1, 0.15) is 31.9 Å². The van der Waals surface area contributed by atoms with Crippen molar-refractivity contribution in [3.8, 4) is 11.5 Å². The summed E-state index contributed by atoms with van der Waals surface area (Å²) in [6.07, 6.45) is 1.02. The highest BCUT2D eigenvalue weighted by Gasteiger charge is 2.35. The van der Waals surface area contributed by atoms with Gasteiger partial charge in [-0.2, -0.15) is 12.6 Å². The largest absolute Gasteiger partial charge is 0.504 e. The predicted molar refractivity (Wildman–Crippen MR) is 129 cm³/mol. The van der Waals surface area contributed by atoms with Crippen LogP contribution in [-0.4, -0.2) is 42.9 Å². The van der Waals surface area contributed by atoms with Gasteiger partial charge in [-0.15, -0.1) is 11.8 Å². The number of nitrogens with one attached hydrogen (secondary N) is 1. The normalized spacial score (nSPS) is 12.0. The number of amides is 1. The van der Waals surface area contributed by atoms with Crippen LogP contribution < -0.4 is 10.1 Å². The zero-order valence-electron chi connectivity index (χ0n) is 18.6. The van der Waals surface area contributed by atoms with Crippen molar-refractivity contribution in [3.05, 3.63) is 48.0 Å². The molecule has 0 saturated heterocycles. The standard InChI is InChI=1S/C23H29NO6S2/c1-23(2,11-12-29-20(26)14-31)21(15-5-10-19(28-3)18(25)13-15)30-22(27)24-16-6-8-17(32-4)9-7-16/h5-10,13,21,25,31H,11-12,14H2,1-4H3,(H,24,27)/t21-/m0/s1. The van der Waals surface area contributed by atoms with E-state index in [-0.39, 0.29) is 18.1 Å². The number of methoxy groups -OCH3 is 1. The lowest BCUT2D eigenvalue weighted by molar-refractivity contribution is -0.141. The molecule has 0 aliphatic carbocycles. The molecule has 0 aromatic heterocycles. The van der Waals surface area contributed by atoms with Crippen LogP contribution in [0.4, 0.5) is 10.5 Å². The molecular weight excluding hydrogens is 450 g/mol. The van der Waals surface area contributed by atoms with E-state index in [0.717, 1.165) is 4.90 Å². The lowest BCUT2D eigenvalue weighted by Crippen LogP contribution is -2.30. The summed E-state index contributed by atoms with van der Waals surface area (Å²) in [6.45, 7) is 3.94. The van der Waals surface area contributed by atoms with Crippen molar-refractivity contribution in [3.63, 3.8) is 0 Å². The van der Waals surface area contributed by atoms with Gasteiger partial charge >= 0.3 is 12.1 Å². The highest BCUT2D eigenvalue weighted by atomic mass is 32.2. The summed E-state index contributed by atoms with van der Waals surface area (Å²) < 4.78 is 16.1. The minimum Gasteiger partial charge on any atom is -0.504 e. The predicted octanol–water partition coefficient (Wildman–Crippen LogP) is 5.30. The van der Waals surface area contributed by atoms with Gasteiger partial charge in [-0.3, -0.25) is 10.1 Å². The minimum atomic E-state index is -0.737. The summed E-state index contributed by atoms with van der Waals surface area (Å²) in [7, 11) is 1.46. The van der Waals surface area contributed by atoms with Gasteiger partial charge in [0.05, 0.1) is 19.5 Å². The van der Waals surface area contributed by atoms with Gasteiger partial charge in [0.15, 0.2) is 11.5 Å². The summed E-state index contributed by atoms with van der Waals surface area (Å²) in [4.78, 5) is 25.2. The van der Waals surface area contributed by atoms with E-state index >= 15 is 0 Å². The van der Waals surface area contributed by atoms with E-state index in [1.807, 2.05) is 32.2 Å². The number of benzene rings is 2. The Hall–Kier alpha value is -2.52. The molecule has 174 valence electrons. The maximum Gasteiger partial charge on any atom is 0.412 e. The monoisotopic (exact) mass is 479 g/mol. The number of esters is 1. The molecule has 0 fully saturated rings. The number of hydrogen-bond donors (Lipinski definition) is 3. The lowest BCUT2D eigenvalue weighted by Gasteiger charge is -2.34. The number of phenolic OH excluding ortho intramolecular Hbond substituents is 1. The first kappa shape index (κ1) is 25.7. The summed E-state index contributed by atoms with van der Waals surface area (Å²) in [5, 5.41) is 13.0. The molecule has 0 saturated carbocycles. The van der Waals surface area contributed by atoms with Crippen molar-refractivity contribution in [2.75, 3.05) is 31.0 Å². The number of aromatic hydroxyl groups is 1. The van der Waals surface area contributed by atoms with Crippen LogP contribution in [-0.2, 0) is 14.3 Å². The van der Waals surface area contributed by atoms with Gasteiger partial charge in [-0.1, -0.05) is 19.9 Å². The molecule has 1 amide bonds. The molecule has 0 bridgehead atoms. The highest BCUT2D eigenvalue weighted by molar-refractivity contribution is 7.98. The van der Waals surface area contributed by atoms with Gasteiger partial charge in [0.25, 0.3) is 0 Å². The minimum absolute atomic E-state index is 0.00948. The van der Waals surface area contributed by atoms with Gasteiger partial charge in [0.1, 0.15) is 6.10 Å². The van der Waals surface area contributed by atoms with E-state index in [4.69, 9.17) is 14.2 Å². The van der Waals surface area contributed by atoms with Crippen LogP contribution in [0.2, 0.25) is 0 Å². The Morgan fingerprint density at radius 2 is 1.88 bits per heavy atom. The summed E-state index contributed by atoms with van der Waals surface area (Å²) >= 11 is 5.51. The number of anilines is 1. The second kappa shape index (κ2) is 11.9. The van der Waals surface area contributed by atoms with Gasteiger partial charge in [-0.25, -0.2) is 4.79 Å². The van der Waals surface area contributed by atoms with E-state index in [9.17, 15) is 14.7 Å². The van der Waals surface area contributed by atoms with E-state index in [0.29, 0.717) is 23.4 Å². The Morgan fingerprint density at radius 3 is 2.44 bits per heavy atom. The fraction of sp³-hybridized carbons (Fsp3) is 0.391. The fourth-order valence-corrected chi connectivity index (χ4v) is 3.58. The van der Waals surface area contributed by atoms with Gasteiger partial charge in [-0.05, 0) is 54.6 Å². The van der Waals surface area contributed by atoms with Crippen LogP contribution in [0.15, 0.2) is 47.4 Å². The van der Waals surface area contributed by atoms with Crippen molar-refractivity contribution < 1.29 is 28.9 Å². The zero-order valence-corrected chi connectivity index (χ0v) is 20.3. The first-order valence-electron chi connectivity index (χ1n) is 9.95. The van der Waals surface area contributed by atoms with Crippen molar-refractivity contribution in [2.24, 2.45) is 5.41 Å². The zero-order chi connectivity index (χ0) is 23.7. The molecule has 0 unspecified atom stereocenters. The Kier molecular flexibility index (Phi) is 9.59. The van der Waals surface area contributed by atoms with Gasteiger partial charge in [0.2, 0.25) is 0 Å². The van der Waals surface area contributed by atoms with E-state index in [1.54, 1.807) is 36.0 Å². The fourth-order valence-electron chi connectivity index (χ4n) is 3.08. The SMILES string of the molecule is COc1ccc([C@H](OC(=O)Nc2ccc(SC)cc2)C(C)(C)CCOC(=O)CS)cc1O. The third-order valence-electron chi connectivity index (χ3n) is 4.92. The first-order valence-corrected chi connectivity index (χ1v) is 11.8. The van der Waals surface area contributed by atoms with E-state index in [1.165, 1.54) is 13.2 Å². The Labute approximate surface area is 198 Å². The molecule has 2 aromatic rings. The van der Waals surface area contributed by atoms with Crippen molar-refractivity contribution in [2.45, 2.75) is 31.3 Å². The molecule has 0 aliphatic rings. The molecule has 7 nitrogen and oxygen atoms in total.